The van der Waals surface area contributed by atoms with E-state index in [1.165, 1.54) is 12.1 Å². The van der Waals surface area contributed by atoms with E-state index < -0.39 is 27.7 Å². The van der Waals surface area contributed by atoms with E-state index in [-0.39, 0.29) is 32.7 Å². The summed E-state index contributed by atoms with van der Waals surface area (Å²) in [6.45, 7) is 3.24. The Morgan fingerprint density at radius 3 is 2.52 bits per heavy atom. The SMILES string of the molecule is CC(C)OC(=O)c1c(S(C)(=O)=O)ccc(C(=O)c2cc(C3CC3)on2)c1Cl. The van der Waals surface area contributed by atoms with Crippen LogP contribution in [0, 0.1) is 0 Å². The Morgan fingerprint density at radius 2 is 1.96 bits per heavy atom. The molecule has 0 unspecified atom stereocenters. The highest BCUT2D eigenvalue weighted by atomic mass is 35.5. The Hall–Kier alpha value is -2.19. The average Bonchev–Trinajstić information content (AvgIpc) is 3.29. The maximum Gasteiger partial charge on any atom is 0.341 e. The van der Waals surface area contributed by atoms with Crippen LogP contribution in [-0.4, -0.2) is 37.7 Å². The molecule has 1 saturated carbocycles. The third kappa shape index (κ3) is 4.06. The van der Waals surface area contributed by atoms with Crippen molar-refractivity contribution in [3.8, 4) is 0 Å². The van der Waals surface area contributed by atoms with Crippen LogP contribution in [0.25, 0.3) is 0 Å². The Labute approximate surface area is 161 Å². The predicted molar refractivity (Wildman–Crippen MR) is 97.0 cm³/mol. The molecule has 144 valence electrons. The number of rotatable bonds is 6. The molecule has 9 heteroatoms. The lowest BCUT2D eigenvalue weighted by Gasteiger charge is -2.14. The minimum atomic E-state index is -3.77. The van der Waals surface area contributed by atoms with Gasteiger partial charge in [-0.05, 0) is 38.8 Å². The first-order valence-electron chi connectivity index (χ1n) is 8.34. The van der Waals surface area contributed by atoms with Gasteiger partial charge < -0.3 is 9.26 Å². The minimum Gasteiger partial charge on any atom is -0.459 e. The molecule has 0 N–H and O–H groups in total. The fourth-order valence-electron chi connectivity index (χ4n) is 2.60. The molecule has 3 rings (SSSR count). The number of ketones is 1. The lowest BCUT2D eigenvalue weighted by molar-refractivity contribution is 0.0373. The van der Waals surface area contributed by atoms with E-state index in [9.17, 15) is 18.0 Å². The second-order valence-corrected chi connectivity index (χ2v) is 9.11. The monoisotopic (exact) mass is 411 g/mol. The molecule has 1 aliphatic rings. The molecule has 2 aromatic rings. The quantitative estimate of drug-likeness (QED) is 0.529. The van der Waals surface area contributed by atoms with Crippen LogP contribution in [0.1, 0.15) is 64.8 Å². The van der Waals surface area contributed by atoms with Gasteiger partial charge in [-0.3, -0.25) is 4.79 Å². The van der Waals surface area contributed by atoms with E-state index in [4.69, 9.17) is 20.9 Å². The van der Waals surface area contributed by atoms with E-state index in [0.717, 1.165) is 19.1 Å². The normalized spacial score (nSPS) is 14.4. The number of sulfone groups is 1. The van der Waals surface area contributed by atoms with Gasteiger partial charge in [-0.1, -0.05) is 16.8 Å². The molecule has 1 aliphatic carbocycles. The number of halogens is 1. The number of nitrogens with zero attached hydrogens (tertiary/aromatic N) is 1. The van der Waals surface area contributed by atoms with Crippen molar-refractivity contribution in [2.75, 3.05) is 6.26 Å². The van der Waals surface area contributed by atoms with Gasteiger partial charge in [0.2, 0.25) is 5.78 Å². The molecule has 1 aromatic heterocycles. The fraction of sp³-hybridized carbons (Fsp3) is 0.389. The van der Waals surface area contributed by atoms with Crippen LogP contribution >= 0.6 is 11.6 Å². The molecule has 1 fully saturated rings. The van der Waals surface area contributed by atoms with E-state index in [1.54, 1.807) is 19.9 Å². The predicted octanol–water partition coefficient (Wildman–Crippen LogP) is 3.41. The van der Waals surface area contributed by atoms with Crippen LogP contribution < -0.4 is 0 Å². The van der Waals surface area contributed by atoms with Gasteiger partial charge in [0.05, 0.1) is 21.6 Å². The molecule has 0 saturated heterocycles. The molecule has 0 spiro atoms. The first-order valence-corrected chi connectivity index (χ1v) is 10.6. The largest absolute Gasteiger partial charge is 0.459 e. The Balaban J connectivity index is 2.07. The van der Waals surface area contributed by atoms with Crippen molar-refractivity contribution in [1.29, 1.82) is 0 Å². The Bertz CT molecular complexity index is 1020. The molecule has 0 amide bonds. The van der Waals surface area contributed by atoms with Gasteiger partial charge in [0.25, 0.3) is 0 Å². The summed E-state index contributed by atoms with van der Waals surface area (Å²) in [6, 6.07) is 3.98. The second kappa shape index (κ2) is 7.09. The van der Waals surface area contributed by atoms with Crippen LogP contribution in [0.2, 0.25) is 5.02 Å². The molecule has 1 heterocycles. The summed E-state index contributed by atoms with van der Waals surface area (Å²) in [6.07, 6.45) is 2.43. The van der Waals surface area contributed by atoms with Gasteiger partial charge in [0, 0.05) is 23.8 Å². The van der Waals surface area contributed by atoms with E-state index >= 15 is 0 Å². The third-order valence-electron chi connectivity index (χ3n) is 4.04. The fourth-order valence-corrected chi connectivity index (χ4v) is 3.86. The minimum absolute atomic E-state index is 0.0459. The van der Waals surface area contributed by atoms with Crippen molar-refractivity contribution in [1.82, 2.24) is 5.16 Å². The third-order valence-corrected chi connectivity index (χ3v) is 5.57. The molecule has 0 bridgehead atoms. The molecule has 27 heavy (non-hydrogen) atoms. The van der Waals surface area contributed by atoms with Crippen molar-refractivity contribution in [2.24, 2.45) is 0 Å². The van der Waals surface area contributed by atoms with E-state index in [1.807, 2.05) is 0 Å². The Morgan fingerprint density at radius 1 is 1.30 bits per heavy atom. The number of hydrogen-bond acceptors (Lipinski definition) is 7. The van der Waals surface area contributed by atoms with Crippen molar-refractivity contribution in [3.63, 3.8) is 0 Å². The molecular formula is C18H18ClNO6S. The number of aromatic nitrogens is 1. The summed E-state index contributed by atoms with van der Waals surface area (Å²) < 4.78 is 34.4. The first-order chi connectivity index (χ1) is 12.6. The second-order valence-electron chi connectivity index (χ2n) is 6.74. The Kier molecular flexibility index (Phi) is 5.14. The zero-order valence-electron chi connectivity index (χ0n) is 15.0. The number of esters is 1. The summed E-state index contributed by atoms with van der Waals surface area (Å²) in [5.41, 5.74) is -0.353. The average molecular weight is 412 g/mol. The lowest BCUT2D eigenvalue weighted by atomic mass is 10.0. The lowest BCUT2D eigenvalue weighted by Crippen LogP contribution is -2.17. The number of ether oxygens (including phenoxy) is 1. The van der Waals surface area contributed by atoms with Crippen molar-refractivity contribution in [2.45, 2.75) is 43.6 Å². The number of benzene rings is 1. The van der Waals surface area contributed by atoms with E-state index in [0.29, 0.717) is 5.76 Å². The molecule has 0 atom stereocenters. The smallest absolute Gasteiger partial charge is 0.341 e. The van der Waals surface area contributed by atoms with Crippen LogP contribution in [0.3, 0.4) is 0 Å². The zero-order valence-corrected chi connectivity index (χ0v) is 16.6. The van der Waals surface area contributed by atoms with Crippen molar-refractivity contribution >= 4 is 33.2 Å². The van der Waals surface area contributed by atoms with Crippen LogP contribution in [-0.2, 0) is 14.6 Å². The highest BCUT2D eigenvalue weighted by molar-refractivity contribution is 7.90. The van der Waals surface area contributed by atoms with Gasteiger partial charge in [-0.2, -0.15) is 0 Å². The molecular weight excluding hydrogens is 394 g/mol. The molecule has 7 nitrogen and oxygen atoms in total. The summed E-state index contributed by atoms with van der Waals surface area (Å²) in [5.74, 6) is -0.571. The number of carbonyl (C=O) groups excluding carboxylic acids is 2. The molecule has 0 aliphatic heterocycles. The molecule has 1 aromatic carbocycles. The van der Waals surface area contributed by atoms with Gasteiger partial charge in [0.1, 0.15) is 5.76 Å². The summed E-state index contributed by atoms with van der Waals surface area (Å²) in [4.78, 5) is 24.9. The van der Waals surface area contributed by atoms with Crippen LogP contribution in [0.5, 0.6) is 0 Å². The van der Waals surface area contributed by atoms with E-state index in [2.05, 4.69) is 5.16 Å². The molecule has 0 radical (unpaired) electrons. The highest BCUT2D eigenvalue weighted by Gasteiger charge is 2.31. The summed E-state index contributed by atoms with van der Waals surface area (Å²) >= 11 is 6.28. The number of carbonyl (C=O) groups is 2. The summed E-state index contributed by atoms with van der Waals surface area (Å²) in [5, 5.41) is 3.48. The standard InChI is InChI=1S/C18H18ClNO6S/c1-9(2)25-18(22)15-14(27(3,23)24)7-6-11(16(15)19)17(21)12-8-13(26-20-12)10-4-5-10/h6-10H,4-5H2,1-3H3. The first kappa shape index (κ1) is 19.6. The highest BCUT2D eigenvalue weighted by Crippen LogP contribution is 2.40. The number of hydrogen-bond donors (Lipinski definition) is 0. The van der Waals surface area contributed by atoms with Crippen molar-refractivity contribution < 1.29 is 27.3 Å². The van der Waals surface area contributed by atoms with Gasteiger partial charge in [0.15, 0.2) is 15.5 Å². The van der Waals surface area contributed by atoms with Gasteiger partial charge in [-0.25, -0.2) is 13.2 Å². The topological polar surface area (TPSA) is 104 Å². The van der Waals surface area contributed by atoms with Gasteiger partial charge in [-0.15, -0.1) is 0 Å². The summed E-state index contributed by atoms with van der Waals surface area (Å²) in [7, 11) is -3.77. The van der Waals surface area contributed by atoms with Gasteiger partial charge >= 0.3 is 5.97 Å². The van der Waals surface area contributed by atoms with Crippen LogP contribution in [0.4, 0.5) is 0 Å². The maximum atomic E-state index is 12.8. The van der Waals surface area contributed by atoms with Crippen molar-refractivity contribution in [3.05, 3.63) is 45.8 Å². The maximum absolute atomic E-state index is 12.8. The zero-order chi connectivity index (χ0) is 19.9. The van der Waals surface area contributed by atoms with Crippen LogP contribution in [0.15, 0.2) is 27.6 Å².